The first kappa shape index (κ1) is 15.8. The number of benzene rings is 1. The molecule has 0 saturated carbocycles. The Morgan fingerprint density at radius 3 is 2.43 bits per heavy atom. The molecular formula is C15H19F3N2O. The van der Waals surface area contributed by atoms with Gasteiger partial charge in [-0.1, -0.05) is 19.1 Å². The fourth-order valence-corrected chi connectivity index (χ4v) is 2.19. The second-order valence-electron chi connectivity index (χ2n) is 5.57. The molecule has 1 aliphatic heterocycles. The molecule has 1 aromatic rings. The Morgan fingerprint density at radius 1 is 1.33 bits per heavy atom. The number of amides is 1. The fraction of sp³-hybridized carbons (Fsp3) is 0.533. The molecular weight excluding hydrogens is 281 g/mol. The van der Waals surface area contributed by atoms with Crippen molar-refractivity contribution < 1.29 is 18.0 Å². The van der Waals surface area contributed by atoms with Gasteiger partial charge in [0.2, 0.25) is 5.91 Å². The summed E-state index contributed by atoms with van der Waals surface area (Å²) in [5.74, 6) is 0.184. The van der Waals surface area contributed by atoms with Crippen LogP contribution in [0.4, 0.5) is 13.2 Å². The van der Waals surface area contributed by atoms with Crippen LogP contribution in [0.1, 0.15) is 18.1 Å². The second kappa shape index (κ2) is 6.47. The largest absolute Gasteiger partial charge is 0.416 e. The number of alkyl halides is 3. The van der Waals surface area contributed by atoms with Gasteiger partial charge < -0.3 is 10.6 Å². The number of carbonyl (C=O) groups is 1. The molecule has 0 spiro atoms. The van der Waals surface area contributed by atoms with Gasteiger partial charge in [0.1, 0.15) is 0 Å². The minimum Gasteiger partial charge on any atom is -0.355 e. The molecule has 21 heavy (non-hydrogen) atoms. The minimum absolute atomic E-state index is 0.0539. The molecule has 2 N–H and O–H groups in total. The first-order valence-corrected chi connectivity index (χ1v) is 7.01. The predicted molar refractivity (Wildman–Crippen MR) is 73.7 cm³/mol. The van der Waals surface area contributed by atoms with E-state index in [1.54, 1.807) is 6.92 Å². The summed E-state index contributed by atoms with van der Waals surface area (Å²) in [6.45, 7) is 4.29. The summed E-state index contributed by atoms with van der Waals surface area (Å²) in [7, 11) is 0. The summed E-state index contributed by atoms with van der Waals surface area (Å²) in [5, 5.41) is 6.01. The highest BCUT2D eigenvalue weighted by molar-refractivity contribution is 5.78. The van der Waals surface area contributed by atoms with Crippen LogP contribution >= 0.6 is 0 Å². The third-order valence-electron chi connectivity index (χ3n) is 3.70. The summed E-state index contributed by atoms with van der Waals surface area (Å²) in [6.07, 6.45) is -3.88. The summed E-state index contributed by atoms with van der Waals surface area (Å²) < 4.78 is 37.4. The minimum atomic E-state index is -4.32. The molecule has 2 rings (SSSR count). The van der Waals surface area contributed by atoms with E-state index in [-0.39, 0.29) is 11.8 Å². The molecule has 1 unspecified atom stereocenters. The molecule has 1 aromatic carbocycles. The van der Waals surface area contributed by atoms with Crippen molar-refractivity contribution in [2.75, 3.05) is 19.6 Å². The van der Waals surface area contributed by atoms with Crippen LogP contribution in [0.3, 0.4) is 0 Å². The third-order valence-corrected chi connectivity index (χ3v) is 3.70. The van der Waals surface area contributed by atoms with Gasteiger partial charge in [0.25, 0.3) is 0 Å². The van der Waals surface area contributed by atoms with Gasteiger partial charge in [-0.3, -0.25) is 4.79 Å². The molecule has 116 valence electrons. The predicted octanol–water partition coefficient (Wildman–Crippen LogP) is 2.22. The molecule has 6 heteroatoms. The lowest BCUT2D eigenvalue weighted by molar-refractivity contribution is -0.137. The molecule has 0 aliphatic carbocycles. The molecule has 1 saturated heterocycles. The molecule has 0 radical (unpaired) electrons. The van der Waals surface area contributed by atoms with E-state index in [0.717, 1.165) is 30.8 Å². The lowest BCUT2D eigenvalue weighted by Crippen LogP contribution is -2.48. The van der Waals surface area contributed by atoms with E-state index >= 15 is 0 Å². The highest BCUT2D eigenvalue weighted by atomic mass is 19.4. The zero-order valence-electron chi connectivity index (χ0n) is 11.8. The van der Waals surface area contributed by atoms with Crippen molar-refractivity contribution in [3.63, 3.8) is 0 Å². The average molecular weight is 300 g/mol. The van der Waals surface area contributed by atoms with Gasteiger partial charge in [0.15, 0.2) is 0 Å². The van der Waals surface area contributed by atoms with Gasteiger partial charge in [-0.25, -0.2) is 0 Å². The number of halogens is 3. The first-order valence-electron chi connectivity index (χ1n) is 7.01. The number of hydrogen-bond acceptors (Lipinski definition) is 2. The Labute approximate surface area is 121 Å². The van der Waals surface area contributed by atoms with Gasteiger partial charge in [-0.05, 0) is 24.1 Å². The summed E-state index contributed by atoms with van der Waals surface area (Å²) in [5.41, 5.74) is 0.0665. The SMILES string of the molecule is CC(Cc1ccc(C(F)(F)F)cc1)C(=O)NCC1CNC1. The summed E-state index contributed by atoms with van der Waals surface area (Å²) in [4.78, 5) is 11.9. The normalized spacial score (nSPS) is 17.1. The van der Waals surface area contributed by atoms with Gasteiger partial charge in [-0.15, -0.1) is 0 Å². The molecule has 1 atom stereocenters. The van der Waals surface area contributed by atoms with Gasteiger partial charge in [0.05, 0.1) is 5.56 Å². The maximum absolute atomic E-state index is 12.5. The second-order valence-corrected chi connectivity index (χ2v) is 5.57. The van der Waals surface area contributed by atoms with E-state index in [1.165, 1.54) is 12.1 Å². The maximum atomic E-state index is 12.5. The van der Waals surface area contributed by atoms with Crippen LogP contribution in [0.25, 0.3) is 0 Å². The number of nitrogens with one attached hydrogen (secondary N) is 2. The van der Waals surface area contributed by atoms with Gasteiger partial charge in [-0.2, -0.15) is 13.2 Å². The Bertz CT molecular complexity index is 481. The monoisotopic (exact) mass is 300 g/mol. The van der Waals surface area contributed by atoms with E-state index in [4.69, 9.17) is 0 Å². The van der Waals surface area contributed by atoms with Gasteiger partial charge in [0, 0.05) is 31.5 Å². The average Bonchev–Trinajstić information content (AvgIpc) is 2.36. The van der Waals surface area contributed by atoms with Gasteiger partial charge >= 0.3 is 6.18 Å². The Morgan fingerprint density at radius 2 is 1.95 bits per heavy atom. The van der Waals surface area contributed by atoms with E-state index in [0.29, 0.717) is 18.9 Å². The molecule has 0 bridgehead atoms. The smallest absolute Gasteiger partial charge is 0.355 e. The molecule has 1 aliphatic rings. The quantitative estimate of drug-likeness (QED) is 0.875. The van der Waals surface area contributed by atoms with Crippen LogP contribution in [0.2, 0.25) is 0 Å². The van der Waals surface area contributed by atoms with Crippen LogP contribution in [0, 0.1) is 11.8 Å². The Balaban J connectivity index is 1.83. The molecule has 3 nitrogen and oxygen atoms in total. The van der Waals surface area contributed by atoms with Crippen molar-refractivity contribution in [3.8, 4) is 0 Å². The van der Waals surface area contributed by atoms with Crippen molar-refractivity contribution in [1.29, 1.82) is 0 Å². The molecule has 1 amide bonds. The van der Waals surface area contributed by atoms with Crippen LogP contribution in [0.5, 0.6) is 0 Å². The lowest BCUT2D eigenvalue weighted by atomic mass is 9.98. The van der Waals surface area contributed by atoms with E-state index in [1.807, 2.05) is 0 Å². The van der Waals surface area contributed by atoms with Crippen LogP contribution in [0.15, 0.2) is 24.3 Å². The lowest BCUT2D eigenvalue weighted by Gasteiger charge is -2.27. The fourth-order valence-electron chi connectivity index (χ4n) is 2.19. The van der Waals surface area contributed by atoms with E-state index in [9.17, 15) is 18.0 Å². The van der Waals surface area contributed by atoms with E-state index in [2.05, 4.69) is 10.6 Å². The zero-order chi connectivity index (χ0) is 15.5. The first-order chi connectivity index (χ1) is 9.86. The summed E-state index contributed by atoms with van der Waals surface area (Å²) >= 11 is 0. The third kappa shape index (κ3) is 4.46. The highest BCUT2D eigenvalue weighted by Gasteiger charge is 2.30. The Kier molecular flexibility index (Phi) is 4.88. The van der Waals surface area contributed by atoms with Crippen molar-refractivity contribution in [1.82, 2.24) is 10.6 Å². The van der Waals surface area contributed by atoms with Crippen molar-refractivity contribution >= 4 is 5.91 Å². The van der Waals surface area contributed by atoms with Crippen molar-refractivity contribution in [3.05, 3.63) is 35.4 Å². The standard InChI is InChI=1S/C15H19F3N2O/c1-10(14(21)20-9-12-7-19-8-12)6-11-2-4-13(5-3-11)15(16,17)18/h2-5,10,12,19H,6-9H2,1H3,(H,20,21). The van der Waals surface area contributed by atoms with Crippen molar-refractivity contribution in [2.24, 2.45) is 11.8 Å². The van der Waals surface area contributed by atoms with Crippen LogP contribution in [-0.2, 0) is 17.4 Å². The molecule has 1 fully saturated rings. The van der Waals surface area contributed by atoms with Crippen molar-refractivity contribution in [2.45, 2.75) is 19.5 Å². The number of rotatable bonds is 5. The zero-order valence-corrected chi connectivity index (χ0v) is 11.8. The highest BCUT2D eigenvalue weighted by Crippen LogP contribution is 2.29. The molecule has 1 heterocycles. The summed E-state index contributed by atoms with van der Waals surface area (Å²) in [6, 6.07) is 4.98. The van der Waals surface area contributed by atoms with Crippen LogP contribution in [-0.4, -0.2) is 25.5 Å². The number of carbonyl (C=O) groups excluding carboxylic acids is 1. The van der Waals surface area contributed by atoms with E-state index < -0.39 is 11.7 Å². The number of hydrogen-bond donors (Lipinski definition) is 2. The molecule has 0 aromatic heterocycles. The van der Waals surface area contributed by atoms with Crippen LogP contribution < -0.4 is 10.6 Å². The topological polar surface area (TPSA) is 41.1 Å². The Hall–Kier alpha value is -1.56. The maximum Gasteiger partial charge on any atom is 0.416 e.